The molecule has 3 nitrogen and oxygen atoms in total. The van der Waals surface area contributed by atoms with Gasteiger partial charge in [-0.2, -0.15) is 0 Å². The summed E-state index contributed by atoms with van der Waals surface area (Å²) >= 11 is 0. The molecule has 0 fully saturated rings. The number of nitrogens with two attached hydrogens (primary N) is 1. The van der Waals surface area contributed by atoms with E-state index in [1.807, 2.05) is 50.2 Å². The van der Waals surface area contributed by atoms with Gasteiger partial charge in [0.05, 0.1) is 0 Å². The second-order valence-electron chi connectivity index (χ2n) is 4.19. The molecule has 0 amide bonds. The zero-order chi connectivity index (χ0) is 12.3. The van der Waals surface area contributed by atoms with Gasteiger partial charge in [0.15, 0.2) is 0 Å². The Morgan fingerprint density at radius 1 is 1.24 bits per heavy atom. The minimum Gasteiger partial charge on any atom is -0.355 e. The van der Waals surface area contributed by atoms with E-state index in [-0.39, 0.29) is 6.04 Å². The van der Waals surface area contributed by atoms with Crippen molar-refractivity contribution in [3.05, 3.63) is 53.9 Å². The monoisotopic (exact) mass is 227 g/mol. The van der Waals surface area contributed by atoms with Crippen molar-refractivity contribution in [3.63, 3.8) is 0 Å². The van der Waals surface area contributed by atoms with Gasteiger partial charge in [-0.3, -0.25) is 4.98 Å². The second-order valence-corrected chi connectivity index (χ2v) is 4.19. The van der Waals surface area contributed by atoms with Gasteiger partial charge in [-0.25, -0.2) is 0 Å². The standard InChI is InChI=1S/C14H17N3/c1-10-9-12(7-8-16-10)17-14-6-4-3-5-13(14)11(2)15/h3-9,11H,15H2,1-2H3,(H,16,17). The Hall–Kier alpha value is -1.87. The molecule has 0 radical (unpaired) electrons. The van der Waals surface area contributed by atoms with Crippen molar-refractivity contribution in [1.82, 2.24) is 4.98 Å². The summed E-state index contributed by atoms with van der Waals surface area (Å²) in [6, 6.07) is 12.1. The smallest absolute Gasteiger partial charge is 0.0432 e. The van der Waals surface area contributed by atoms with E-state index in [0.717, 1.165) is 22.6 Å². The fourth-order valence-electron chi connectivity index (χ4n) is 1.79. The summed E-state index contributed by atoms with van der Waals surface area (Å²) in [5, 5.41) is 3.37. The highest BCUT2D eigenvalue weighted by atomic mass is 14.9. The summed E-state index contributed by atoms with van der Waals surface area (Å²) in [6.07, 6.45) is 1.80. The minimum absolute atomic E-state index is 0.0154. The highest BCUT2D eigenvalue weighted by molar-refractivity contribution is 5.63. The lowest BCUT2D eigenvalue weighted by Crippen LogP contribution is -2.07. The first-order chi connectivity index (χ1) is 8.16. The molecule has 1 aromatic heterocycles. The van der Waals surface area contributed by atoms with E-state index in [4.69, 9.17) is 5.73 Å². The van der Waals surface area contributed by atoms with E-state index >= 15 is 0 Å². The number of aryl methyl sites for hydroxylation is 1. The van der Waals surface area contributed by atoms with E-state index in [0.29, 0.717) is 0 Å². The van der Waals surface area contributed by atoms with Gasteiger partial charge < -0.3 is 11.1 Å². The number of nitrogens with one attached hydrogen (secondary N) is 1. The third-order valence-electron chi connectivity index (χ3n) is 2.63. The lowest BCUT2D eigenvalue weighted by molar-refractivity contribution is 0.820. The van der Waals surface area contributed by atoms with Crippen molar-refractivity contribution in [2.75, 3.05) is 5.32 Å². The lowest BCUT2D eigenvalue weighted by Gasteiger charge is -2.14. The average Bonchev–Trinajstić information content (AvgIpc) is 2.29. The largest absolute Gasteiger partial charge is 0.355 e. The third-order valence-corrected chi connectivity index (χ3v) is 2.63. The van der Waals surface area contributed by atoms with Gasteiger partial charge in [0.25, 0.3) is 0 Å². The van der Waals surface area contributed by atoms with Crippen molar-refractivity contribution in [1.29, 1.82) is 0 Å². The van der Waals surface area contributed by atoms with Crippen LogP contribution in [0.25, 0.3) is 0 Å². The van der Waals surface area contributed by atoms with Crippen LogP contribution in [-0.2, 0) is 0 Å². The summed E-state index contributed by atoms with van der Waals surface area (Å²) in [5.41, 5.74) is 10.1. The summed E-state index contributed by atoms with van der Waals surface area (Å²) in [4.78, 5) is 4.17. The highest BCUT2D eigenvalue weighted by Gasteiger charge is 2.05. The molecule has 3 N–H and O–H groups in total. The number of anilines is 2. The zero-order valence-electron chi connectivity index (χ0n) is 10.1. The van der Waals surface area contributed by atoms with Crippen LogP contribution in [-0.4, -0.2) is 4.98 Å². The maximum absolute atomic E-state index is 5.95. The van der Waals surface area contributed by atoms with E-state index < -0.39 is 0 Å². The molecule has 0 bridgehead atoms. The molecule has 0 aliphatic carbocycles. The first-order valence-electron chi connectivity index (χ1n) is 5.71. The molecule has 2 rings (SSSR count). The molecule has 2 aromatic rings. The van der Waals surface area contributed by atoms with E-state index in [2.05, 4.69) is 10.3 Å². The molecule has 0 aliphatic rings. The summed E-state index contributed by atoms with van der Waals surface area (Å²) in [7, 11) is 0. The van der Waals surface area contributed by atoms with Crippen LogP contribution in [0, 0.1) is 6.92 Å². The molecule has 1 atom stereocenters. The molecule has 0 saturated carbocycles. The Kier molecular flexibility index (Phi) is 3.40. The number of para-hydroxylation sites is 1. The first-order valence-corrected chi connectivity index (χ1v) is 5.71. The molecule has 3 heteroatoms. The van der Waals surface area contributed by atoms with Crippen LogP contribution >= 0.6 is 0 Å². The summed E-state index contributed by atoms with van der Waals surface area (Å²) < 4.78 is 0. The van der Waals surface area contributed by atoms with Crippen LogP contribution in [0.2, 0.25) is 0 Å². The van der Waals surface area contributed by atoms with Crippen LogP contribution in [0.15, 0.2) is 42.6 Å². The predicted octanol–water partition coefficient (Wildman–Crippen LogP) is 3.15. The van der Waals surface area contributed by atoms with Gasteiger partial charge in [-0.05, 0) is 37.6 Å². The number of nitrogens with zero attached hydrogens (tertiary/aromatic N) is 1. The molecule has 0 saturated heterocycles. The van der Waals surface area contributed by atoms with Crippen molar-refractivity contribution in [2.24, 2.45) is 5.73 Å². The van der Waals surface area contributed by atoms with Crippen molar-refractivity contribution in [2.45, 2.75) is 19.9 Å². The maximum atomic E-state index is 5.95. The summed E-state index contributed by atoms with van der Waals surface area (Å²) in [5.74, 6) is 0. The Morgan fingerprint density at radius 2 is 2.00 bits per heavy atom. The quantitative estimate of drug-likeness (QED) is 0.846. The van der Waals surface area contributed by atoms with Crippen molar-refractivity contribution in [3.8, 4) is 0 Å². The second kappa shape index (κ2) is 4.97. The van der Waals surface area contributed by atoms with Crippen LogP contribution in [0.3, 0.4) is 0 Å². The fraction of sp³-hybridized carbons (Fsp3) is 0.214. The number of pyridine rings is 1. The highest BCUT2D eigenvalue weighted by Crippen LogP contribution is 2.24. The topological polar surface area (TPSA) is 50.9 Å². The van der Waals surface area contributed by atoms with Gasteiger partial charge in [-0.1, -0.05) is 18.2 Å². The molecular formula is C14H17N3. The van der Waals surface area contributed by atoms with E-state index in [9.17, 15) is 0 Å². The normalized spacial score (nSPS) is 12.2. The minimum atomic E-state index is 0.0154. The number of rotatable bonds is 3. The zero-order valence-corrected chi connectivity index (χ0v) is 10.1. The Balaban J connectivity index is 2.30. The van der Waals surface area contributed by atoms with Crippen LogP contribution in [0.5, 0.6) is 0 Å². The van der Waals surface area contributed by atoms with Gasteiger partial charge in [-0.15, -0.1) is 0 Å². The number of aromatic nitrogens is 1. The number of benzene rings is 1. The van der Waals surface area contributed by atoms with Gasteiger partial charge in [0.1, 0.15) is 0 Å². The number of hydrogen-bond acceptors (Lipinski definition) is 3. The molecule has 0 aliphatic heterocycles. The van der Waals surface area contributed by atoms with Gasteiger partial charge in [0.2, 0.25) is 0 Å². The molecule has 1 heterocycles. The SMILES string of the molecule is Cc1cc(Nc2ccccc2C(C)N)ccn1. The van der Waals surface area contributed by atoms with E-state index in [1.54, 1.807) is 6.20 Å². The van der Waals surface area contributed by atoms with Crippen LogP contribution in [0.4, 0.5) is 11.4 Å². The Morgan fingerprint density at radius 3 is 2.71 bits per heavy atom. The third kappa shape index (κ3) is 2.82. The average molecular weight is 227 g/mol. The van der Waals surface area contributed by atoms with Gasteiger partial charge >= 0.3 is 0 Å². The number of hydrogen-bond donors (Lipinski definition) is 2. The first kappa shape index (κ1) is 11.6. The predicted molar refractivity (Wildman–Crippen MR) is 71.3 cm³/mol. The Bertz CT molecular complexity index is 506. The van der Waals surface area contributed by atoms with Crippen molar-refractivity contribution < 1.29 is 0 Å². The molecule has 1 aromatic carbocycles. The Labute approximate surface area is 102 Å². The van der Waals surface area contributed by atoms with Crippen LogP contribution < -0.4 is 11.1 Å². The van der Waals surface area contributed by atoms with Gasteiger partial charge in [0, 0.05) is 29.3 Å². The molecule has 1 unspecified atom stereocenters. The van der Waals surface area contributed by atoms with E-state index in [1.165, 1.54) is 0 Å². The van der Waals surface area contributed by atoms with Crippen molar-refractivity contribution >= 4 is 11.4 Å². The molecule has 17 heavy (non-hydrogen) atoms. The maximum Gasteiger partial charge on any atom is 0.0432 e. The van der Waals surface area contributed by atoms with Crippen LogP contribution in [0.1, 0.15) is 24.2 Å². The fourth-order valence-corrected chi connectivity index (χ4v) is 1.79. The lowest BCUT2D eigenvalue weighted by atomic mass is 10.1. The molecule has 88 valence electrons. The summed E-state index contributed by atoms with van der Waals surface area (Å²) in [6.45, 7) is 3.96. The molecule has 0 spiro atoms. The molecular weight excluding hydrogens is 210 g/mol.